The molecule has 6 aromatic rings. The van der Waals surface area contributed by atoms with E-state index in [1.165, 1.54) is 0 Å². The molecule has 0 spiro atoms. The van der Waals surface area contributed by atoms with Crippen molar-refractivity contribution >= 4 is 5.78 Å². The lowest BCUT2D eigenvalue weighted by molar-refractivity contribution is -0.140. The second kappa shape index (κ2) is 13.7. The summed E-state index contributed by atoms with van der Waals surface area (Å²) in [5, 5.41) is 0. The molecule has 0 N–H and O–H groups in total. The number of aromatic nitrogens is 4. The van der Waals surface area contributed by atoms with Crippen molar-refractivity contribution < 1.29 is 61.9 Å². The van der Waals surface area contributed by atoms with E-state index in [-0.39, 0.29) is 28.6 Å². The molecule has 0 aliphatic heterocycles. The highest BCUT2D eigenvalue weighted by atomic mass is 19.4. The molecule has 0 saturated carbocycles. The Kier molecular flexibility index (Phi) is 9.49. The number of carbonyl (C=O) groups excluding carboxylic acids is 1. The number of alkyl halides is 9. The number of ketones is 1. The average Bonchev–Trinajstić information content (AvgIpc) is 3.10. The molecule has 0 amide bonds. The monoisotopic (exact) mass is 766 g/mol. The van der Waals surface area contributed by atoms with Gasteiger partial charge < -0.3 is 0 Å². The van der Waals surface area contributed by atoms with Gasteiger partial charge in [-0.15, -0.1) is 0 Å². The largest absolute Gasteiger partial charge is 0.419 e. The minimum atomic E-state index is -5.26. The van der Waals surface area contributed by atoms with Crippen molar-refractivity contribution in [1.82, 2.24) is 19.9 Å². The molecule has 276 valence electrons. The van der Waals surface area contributed by atoms with Gasteiger partial charge in [-0.05, 0) is 78.9 Å². The summed E-state index contributed by atoms with van der Waals surface area (Å²) in [5.74, 6) is -6.93. The van der Waals surface area contributed by atoms with Gasteiger partial charge in [0.2, 0.25) is 5.78 Å². The molecule has 0 radical (unpaired) electrons. The van der Waals surface area contributed by atoms with E-state index in [0.717, 1.165) is 48.7 Å². The zero-order valence-corrected chi connectivity index (χ0v) is 26.3. The molecular weight excluding hydrogens is 751 g/mol. The zero-order valence-electron chi connectivity index (χ0n) is 26.3. The first-order chi connectivity index (χ1) is 25.2. The van der Waals surface area contributed by atoms with Crippen molar-refractivity contribution in [1.29, 1.82) is 0 Å². The Morgan fingerprint density at radius 2 is 0.741 bits per heavy atom. The molecule has 0 atom stereocenters. The summed E-state index contributed by atoms with van der Waals surface area (Å²) in [4.78, 5) is 30.0. The SMILES string of the molecule is O=C(c1cnc(-c2ccc(F)c(C(F)(F)F)c2)c(-c2ccc(F)cc2)n1)c1cnc(-c2ccc(F)c(C(F)(F)F)c2)c(-c2ccc(F)c(C(F)(F)F)c2)n1. The third-order valence-corrected chi connectivity index (χ3v) is 7.76. The maximum Gasteiger partial charge on any atom is 0.419 e. The molecule has 6 rings (SSSR count). The highest BCUT2D eigenvalue weighted by Crippen LogP contribution is 2.40. The second-order valence-electron chi connectivity index (χ2n) is 11.3. The molecule has 0 unspecified atom stereocenters. The molecule has 18 heteroatoms. The predicted octanol–water partition coefficient (Wildman–Crippen LogP) is 10.8. The maximum atomic E-state index is 14.2. The van der Waals surface area contributed by atoms with Crippen LogP contribution >= 0.6 is 0 Å². The highest BCUT2D eigenvalue weighted by molar-refractivity contribution is 6.07. The summed E-state index contributed by atoms with van der Waals surface area (Å²) >= 11 is 0. The standard InChI is InChI=1S/C36H15F13N4O/c37-20-6-1-16(2-7-20)31-29(17-3-8-24(38)21(11-17)34(41,42)43)50-14-27(52-31)33(54)28-15-51-30(18-4-9-25(39)22(12-18)35(44,45)46)32(53-28)19-5-10-26(40)23(13-19)36(47,48)49/h1-15H. The molecule has 0 fully saturated rings. The molecule has 0 saturated heterocycles. The van der Waals surface area contributed by atoms with Crippen LogP contribution in [0.4, 0.5) is 57.1 Å². The third kappa shape index (κ3) is 7.49. The summed E-state index contributed by atoms with van der Waals surface area (Å²) in [5.41, 5.74) is -9.86. The lowest BCUT2D eigenvalue weighted by Crippen LogP contribution is -2.12. The van der Waals surface area contributed by atoms with Crippen LogP contribution in [0.3, 0.4) is 0 Å². The van der Waals surface area contributed by atoms with Crippen molar-refractivity contribution in [3.63, 3.8) is 0 Å². The Labute approximate surface area is 293 Å². The molecule has 4 aromatic carbocycles. The van der Waals surface area contributed by atoms with Crippen molar-refractivity contribution in [3.8, 4) is 45.0 Å². The van der Waals surface area contributed by atoms with Crippen LogP contribution in [0.1, 0.15) is 32.9 Å². The summed E-state index contributed by atoms with van der Waals surface area (Å²) in [6.07, 6.45) is -14.1. The fourth-order valence-electron chi connectivity index (χ4n) is 5.23. The lowest BCUT2D eigenvalue weighted by Gasteiger charge is -2.15. The van der Waals surface area contributed by atoms with E-state index in [0.29, 0.717) is 36.5 Å². The van der Waals surface area contributed by atoms with Crippen LogP contribution in [-0.2, 0) is 18.5 Å². The van der Waals surface area contributed by atoms with Crippen LogP contribution in [0.5, 0.6) is 0 Å². The quantitative estimate of drug-likeness (QED) is 0.125. The Morgan fingerprint density at radius 1 is 0.426 bits per heavy atom. The van der Waals surface area contributed by atoms with Gasteiger partial charge in [0, 0.05) is 22.3 Å². The highest BCUT2D eigenvalue weighted by Gasteiger charge is 2.37. The average molecular weight is 767 g/mol. The van der Waals surface area contributed by atoms with Gasteiger partial charge in [0.1, 0.15) is 34.7 Å². The molecule has 0 bridgehead atoms. The van der Waals surface area contributed by atoms with E-state index in [4.69, 9.17) is 0 Å². The van der Waals surface area contributed by atoms with E-state index >= 15 is 0 Å². The third-order valence-electron chi connectivity index (χ3n) is 7.76. The van der Waals surface area contributed by atoms with E-state index in [2.05, 4.69) is 19.9 Å². The minimum absolute atomic E-state index is 0.0105. The minimum Gasteiger partial charge on any atom is -0.285 e. The van der Waals surface area contributed by atoms with Crippen LogP contribution < -0.4 is 0 Å². The number of rotatable bonds is 6. The van der Waals surface area contributed by atoms with Gasteiger partial charge >= 0.3 is 18.5 Å². The van der Waals surface area contributed by atoms with Gasteiger partial charge in [-0.2, -0.15) is 39.5 Å². The Bertz CT molecular complexity index is 2420. The Hall–Kier alpha value is -6.20. The van der Waals surface area contributed by atoms with Crippen molar-refractivity contribution in [2.45, 2.75) is 18.5 Å². The first-order valence-electron chi connectivity index (χ1n) is 14.9. The lowest BCUT2D eigenvalue weighted by atomic mass is 9.99. The molecule has 0 aliphatic rings. The summed E-state index contributed by atoms with van der Waals surface area (Å²) in [6.45, 7) is 0. The van der Waals surface area contributed by atoms with Gasteiger partial charge in [0.15, 0.2) is 0 Å². The van der Waals surface area contributed by atoms with Gasteiger partial charge in [0.25, 0.3) is 0 Å². The van der Waals surface area contributed by atoms with Crippen molar-refractivity contribution in [2.24, 2.45) is 0 Å². The van der Waals surface area contributed by atoms with Crippen LogP contribution in [-0.4, -0.2) is 25.7 Å². The van der Waals surface area contributed by atoms with Crippen molar-refractivity contribution in [2.75, 3.05) is 0 Å². The normalized spacial score (nSPS) is 12.2. The number of hydrogen-bond acceptors (Lipinski definition) is 5. The first kappa shape index (κ1) is 37.6. The number of halogens is 13. The first-order valence-corrected chi connectivity index (χ1v) is 14.9. The zero-order chi connectivity index (χ0) is 39.3. The van der Waals surface area contributed by atoms with E-state index in [9.17, 15) is 61.9 Å². The molecule has 5 nitrogen and oxygen atoms in total. The molecular formula is C36H15F13N4O. The summed E-state index contributed by atoms with van der Waals surface area (Å²) in [6, 6.07) is 9.05. The fraction of sp³-hybridized carbons (Fsp3) is 0.0833. The van der Waals surface area contributed by atoms with Gasteiger partial charge in [0.05, 0.1) is 51.9 Å². The van der Waals surface area contributed by atoms with Crippen LogP contribution in [0.2, 0.25) is 0 Å². The summed E-state index contributed by atoms with van der Waals surface area (Å²) in [7, 11) is 0. The topological polar surface area (TPSA) is 68.6 Å². The van der Waals surface area contributed by atoms with E-state index in [1.807, 2.05) is 0 Å². The van der Waals surface area contributed by atoms with Gasteiger partial charge in [-0.1, -0.05) is 0 Å². The Balaban J connectivity index is 1.53. The number of carbonyl (C=O) groups is 1. The van der Waals surface area contributed by atoms with Crippen LogP contribution in [0.25, 0.3) is 45.0 Å². The van der Waals surface area contributed by atoms with Crippen LogP contribution in [0, 0.1) is 23.3 Å². The van der Waals surface area contributed by atoms with Gasteiger partial charge in [-0.25, -0.2) is 27.5 Å². The molecule has 2 heterocycles. The summed E-state index contributed by atoms with van der Waals surface area (Å²) < 4.78 is 179. The Morgan fingerprint density at radius 3 is 1.09 bits per heavy atom. The molecule has 54 heavy (non-hydrogen) atoms. The molecule has 0 aliphatic carbocycles. The fourth-order valence-corrected chi connectivity index (χ4v) is 5.23. The number of nitrogens with zero attached hydrogens (tertiary/aromatic N) is 4. The number of hydrogen-bond donors (Lipinski definition) is 0. The van der Waals surface area contributed by atoms with E-state index < -0.39 is 98.2 Å². The second-order valence-corrected chi connectivity index (χ2v) is 11.3. The van der Waals surface area contributed by atoms with E-state index in [1.54, 1.807) is 0 Å². The molecule has 2 aromatic heterocycles. The maximum absolute atomic E-state index is 14.2. The van der Waals surface area contributed by atoms with Crippen LogP contribution in [0.15, 0.2) is 91.3 Å². The van der Waals surface area contributed by atoms with Crippen molar-refractivity contribution in [3.05, 3.63) is 143 Å². The van der Waals surface area contributed by atoms with Gasteiger partial charge in [-0.3, -0.25) is 14.8 Å². The predicted molar refractivity (Wildman–Crippen MR) is 164 cm³/mol. The number of benzene rings is 4. The smallest absolute Gasteiger partial charge is 0.285 e.